The average molecular weight is 256 g/mol. The molecule has 0 radical (unpaired) electrons. The van der Waals surface area contributed by atoms with Crippen LogP contribution in [0, 0.1) is 0 Å². The van der Waals surface area contributed by atoms with Crippen molar-refractivity contribution in [2.75, 3.05) is 0 Å². The van der Waals surface area contributed by atoms with Gasteiger partial charge >= 0.3 is 26.0 Å². The molecule has 0 N–H and O–H groups in total. The molecule has 0 aromatic heterocycles. The van der Waals surface area contributed by atoms with Crippen LogP contribution in [0.4, 0.5) is 35.1 Å². The molecule has 0 atom stereocenters. The summed E-state index contributed by atoms with van der Waals surface area (Å²) in [5, 5.41) is -1.02. The van der Waals surface area contributed by atoms with Crippen LogP contribution < -0.4 is 0 Å². The first kappa shape index (κ1) is 13.0. The highest BCUT2D eigenvalue weighted by atomic mass is 27.2. The third-order valence-electron chi connectivity index (χ3n) is 2.52. The molecule has 0 aliphatic carbocycles. The van der Waals surface area contributed by atoms with E-state index in [0.29, 0.717) is 0 Å². The summed E-state index contributed by atoms with van der Waals surface area (Å²) in [6, 6.07) is 0. The average Bonchev–Trinajstić information content (AvgIpc) is 2.07. The Balaban J connectivity index is 3.40. The molecule has 0 spiro atoms. The number of halogens is 8. The summed E-state index contributed by atoms with van der Waals surface area (Å²) in [5.74, 6) is -11.9. The number of hydrogen-bond donors (Lipinski definition) is 0. The Hall–Kier alpha value is -0.0275. The lowest BCUT2D eigenvalue weighted by atomic mass is 10.2. The van der Waals surface area contributed by atoms with Gasteiger partial charge in [-0.1, -0.05) is 12.2 Å². The van der Waals surface area contributed by atoms with Crippen LogP contribution in [0.3, 0.4) is 0 Å². The molecular weight excluding hydrogens is 251 g/mol. The molecule has 1 fully saturated rings. The first-order valence-corrected chi connectivity index (χ1v) is 5.93. The van der Waals surface area contributed by atoms with Gasteiger partial charge in [0.2, 0.25) is 0 Å². The van der Waals surface area contributed by atoms with Crippen LogP contribution in [0.2, 0.25) is 5.28 Å². The summed E-state index contributed by atoms with van der Waals surface area (Å²) in [5.41, 5.74) is 0. The predicted octanol–water partition coefficient (Wildman–Crippen LogP) is 3.13. The van der Waals surface area contributed by atoms with Gasteiger partial charge in [-0.3, -0.25) is 0 Å². The largest absolute Gasteiger partial charge is 0.499 e. The van der Waals surface area contributed by atoms with Crippen molar-refractivity contribution in [2.45, 2.75) is 33.6 Å². The van der Waals surface area contributed by atoms with Gasteiger partial charge in [0.1, 0.15) is 0 Å². The van der Waals surface area contributed by atoms with E-state index in [1.165, 1.54) is 0 Å². The molecule has 0 aromatic carbocycles. The third kappa shape index (κ3) is 1.19. The fourth-order valence-electron chi connectivity index (χ4n) is 1.60. The van der Waals surface area contributed by atoms with Gasteiger partial charge in [0.15, 0.2) is 0 Å². The second-order valence-electron chi connectivity index (χ2n) is 3.36. The fraction of sp³-hybridized carbons (Fsp3) is 1.00. The molecule has 9 heteroatoms. The van der Waals surface area contributed by atoms with Gasteiger partial charge in [0.05, 0.1) is 0 Å². The zero-order valence-electron chi connectivity index (χ0n) is 7.31. The number of alkyl halides is 8. The Morgan fingerprint density at radius 3 is 1.13 bits per heavy atom. The smallest absolute Gasteiger partial charge is 0.219 e. The number of rotatable bonds is 1. The van der Waals surface area contributed by atoms with E-state index in [1.807, 2.05) is 0 Å². The highest BCUT2D eigenvalue weighted by Crippen LogP contribution is 2.62. The predicted molar refractivity (Wildman–Crippen MR) is 36.0 cm³/mol. The van der Waals surface area contributed by atoms with Crippen molar-refractivity contribution < 1.29 is 35.1 Å². The van der Waals surface area contributed by atoms with Gasteiger partial charge in [0.25, 0.3) is 9.57 Å². The van der Waals surface area contributed by atoms with Crippen molar-refractivity contribution in [2.24, 2.45) is 0 Å². The van der Waals surface area contributed by atoms with Gasteiger partial charge in [0, 0.05) is 0 Å². The minimum Gasteiger partial charge on any atom is -0.219 e. The van der Waals surface area contributed by atoms with Gasteiger partial charge < -0.3 is 0 Å². The molecule has 0 bridgehead atoms. The lowest BCUT2D eigenvalue weighted by Gasteiger charge is -2.26. The van der Waals surface area contributed by atoms with E-state index in [2.05, 4.69) is 0 Å². The topological polar surface area (TPSA) is 0 Å². The summed E-state index contributed by atoms with van der Waals surface area (Å²) in [4.78, 5) is -10.5. The molecule has 0 nitrogen and oxygen atoms in total. The van der Waals surface area contributed by atoms with E-state index in [4.69, 9.17) is 0 Å². The fourth-order valence-corrected chi connectivity index (χ4v) is 4.32. The van der Waals surface area contributed by atoms with Crippen LogP contribution in [-0.4, -0.2) is 35.6 Å². The van der Waals surface area contributed by atoms with Gasteiger partial charge in [-0.25, -0.2) is 17.6 Å². The first-order valence-electron chi connectivity index (χ1n) is 3.95. The summed E-state index contributed by atoms with van der Waals surface area (Å²) in [6.45, 7) is 0.788. The molecule has 1 heterocycles. The summed E-state index contributed by atoms with van der Waals surface area (Å²) in [7, 11) is 0. The molecule has 1 aliphatic heterocycles. The van der Waals surface area contributed by atoms with Crippen LogP contribution in [0.15, 0.2) is 0 Å². The molecule has 1 rings (SSSR count). The molecule has 1 aliphatic rings. The van der Waals surface area contributed by atoms with E-state index in [0.717, 1.165) is 6.92 Å². The monoisotopic (exact) mass is 256 g/mol. The van der Waals surface area contributed by atoms with E-state index in [9.17, 15) is 35.1 Å². The maximum Gasteiger partial charge on any atom is 0.499 e. The van der Waals surface area contributed by atoms with Gasteiger partial charge in [-0.2, -0.15) is 17.6 Å². The van der Waals surface area contributed by atoms with E-state index < -0.39 is 40.8 Å². The van der Waals surface area contributed by atoms with Gasteiger partial charge in [-0.15, -0.1) is 0 Å². The van der Waals surface area contributed by atoms with Crippen LogP contribution in [0.5, 0.6) is 0 Å². The molecule has 0 saturated carbocycles. The lowest BCUT2D eigenvalue weighted by Crippen LogP contribution is -2.51. The molecule has 0 amide bonds. The highest BCUT2D eigenvalue weighted by Gasteiger charge is 2.94. The highest BCUT2D eigenvalue weighted by molar-refractivity contribution is 6.66. The quantitative estimate of drug-likeness (QED) is 0.499. The van der Waals surface area contributed by atoms with E-state index in [1.54, 1.807) is 0 Å². The second kappa shape index (κ2) is 3.01. The van der Waals surface area contributed by atoms with E-state index in [-0.39, 0.29) is 0 Å². The standard InChI is InChI=1S/C4F8.C2H5.Al/c5-1(6)3(9,10)4(11,12)2(7)8;1-2;/h;1H2,2H3;. The van der Waals surface area contributed by atoms with Crippen LogP contribution >= 0.6 is 0 Å². The first-order chi connectivity index (χ1) is 6.44. The molecule has 0 unspecified atom stereocenters. The van der Waals surface area contributed by atoms with Crippen molar-refractivity contribution in [3.63, 3.8) is 0 Å². The zero-order chi connectivity index (χ0) is 12.3. The van der Waals surface area contributed by atoms with Crippen molar-refractivity contribution in [3.05, 3.63) is 0 Å². The number of hydrogen-bond acceptors (Lipinski definition) is 0. The Kier molecular flexibility index (Phi) is 2.61. The summed E-state index contributed by atoms with van der Waals surface area (Å²) in [6.07, 6.45) is 0. The minimum absolute atomic E-state index is 0.788. The van der Waals surface area contributed by atoms with Crippen molar-refractivity contribution in [1.82, 2.24) is 0 Å². The van der Waals surface area contributed by atoms with Crippen LogP contribution in [-0.2, 0) is 0 Å². The zero-order valence-corrected chi connectivity index (χ0v) is 8.46. The molecular formula is C6H5AlF8. The minimum atomic E-state index is -5.96. The maximum absolute atomic E-state index is 12.7. The summed E-state index contributed by atoms with van der Waals surface area (Å²) < 4.78 is 101. The maximum atomic E-state index is 12.7. The normalized spacial score (nSPS) is 30.6. The van der Waals surface area contributed by atoms with Crippen LogP contribution in [0.1, 0.15) is 6.92 Å². The second-order valence-corrected chi connectivity index (χ2v) is 6.73. The summed E-state index contributed by atoms with van der Waals surface area (Å²) >= 11 is -4.90. The van der Waals surface area contributed by atoms with Gasteiger partial charge in [-0.05, 0) is 0 Å². The molecule has 88 valence electrons. The Bertz CT molecular complexity index is 246. The molecule has 0 aromatic rings. The van der Waals surface area contributed by atoms with Crippen molar-refractivity contribution in [3.8, 4) is 0 Å². The van der Waals surface area contributed by atoms with Crippen molar-refractivity contribution >= 4 is 14.1 Å². The Morgan fingerprint density at radius 2 is 1.00 bits per heavy atom. The molecule has 1 saturated heterocycles. The molecule has 15 heavy (non-hydrogen) atoms. The Labute approximate surface area is 83.6 Å². The third-order valence-corrected chi connectivity index (χ3v) is 5.81. The van der Waals surface area contributed by atoms with Crippen LogP contribution in [0.25, 0.3) is 0 Å². The lowest BCUT2D eigenvalue weighted by molar-refractivity contribution is -0.303. The SMILES string of the molecule is C[CH2][Al]1[C](F)(F)C(F)(F)C(F)(F)[C]1(F)F. The Morgan fingerprint density at radius 1 is 0.733 bits per heavy atom. The van der Waals surface area contributed by atoms with E-state index >= 15 is 0 Å². The van der Waals surface area contributed by atoms with Crippen molar-refractivity contribution in [1.29, 1.82) is 0 Å².